The minimum absolute atomic E-state index is 0.254. The topological polar surface area (TPSA) is 19.9 Å². The summed E-state index contributed by atoms with van der Waals surface area (Å²) in [4.78, 5) is 0. The van der Waals surface area contributed by atoms with Crippen molar-refractivity contribution in [3.05, 3.63) is 41.0 Å². The molecule has 0 aliphatic heterocycles. The molecule has 1 nitrogen and oxygen atoms in total. The van der Waals surface area contributed by atoms with Crippen molar-refractivity contribution >= 4 is 10.8 Å². The first-order valence-corrected chi connectivity index (χ1v) is 5.73. The summed E-state index contributed by atoms with van der Waals surface area (Å²) < 4.78 is 115. The van der Waals surface area contributed by atoms with E-state index in [1.54, 1.807) is 0 Å². The fourth-order valence-corrected chi connectivity index (χ4v) is 2.13. The van der Waals surface area contributed by atoms with Gasteiger partial charge in [-0.2, -0.15) is 39.5 Å². The second-order valence-corrected chi connectivity index (χ2v) is 4.52. The average molecular weight is 347 g/mol. The van der Waals surface area contributed by atoms with E-state index in [0.29, 0.717) is 12.1 Å². The van der Waals surface area contributed by atoms with Gasteiger partial charge in [0, 0.05) is 5.39 Å². The Morgan fingerprint density at radius 3 is 1.57 bits per heavy atom. The highest BCUT2D eigenvalue weighted by molar-refractivity contribution is 5.95. The molecule has 0 atom stereocenters. The Balaban J connectivity index is 3.08. The number of hydrogen-bond acceptors (Lipinski definition) is 0. The maximum Gasteiger partial charge on any atom is 0.420 e. The van der Waals surface area contributed by atoms with E-state index in [-0.39, 0.29) is 6.07 Å². The highest BCUT2D eigenvalue weighted by Crippen LogP contribution is 2.49. The van der Waals surface area contributed by atoms with E-state index in [2.05, 4.69) is 0 Å². The maximum atomic E-state index is 12.9. The molecule has 125 valence electrons. The Kier molecular flexibility index (Phi) is 3.70. The highest BCUT2D eigenvalue weighted by Gasteiger charge is 2.44. The SMILES string of the molecule is [O]c1c(C(F)(F)F)cc(C(F)(F)F)c2cccc(C(F)(F)F)c12. The second kappa shape index (κ2) is 4.93. The molecule has 0 heterocycles. The molecular weight excluding hydrogens is 343 g/mol. The van der Waals surface area contributed by atoms with Crippen LogP contribution >= 0.6 is 0 Å². The number of halogens is 9. The van der Waals surface area contributed by atoms with E-state index in [4.69, 9.17) is 0 Å². The van der Waals surface area contributed by atoms with Gasteiger partial charge in [0.05, 0.1) is 11.1 Å². The Labute approximate surface area is 121 Å². The van der Waals surface area contributed by atoms with Gasteiger partial charge in [0.2, 0.25) is 0 Å². The van der Waals surface area contributed by atoms with Gasteiger partial charge in [-0.15, -0.1) is 0 Å². The fourth-order valence-electron chi connectivity index (χ4n) is 2.13. The normalized spacial score (nSPS) is 13.6. The molecule has 1 radical (unpaired) electrons. The van der Waals surface area contributed by atoms with Gasteiger partial charge in [-0.3, -0.25) is 5.11 Å². The predicted molar refractivity (Wildman–Crippen MR) is 59.1 cm³/mol. The fraction of sp³-hybridized carbons (Fsp3) is 0.231. The van der Waals surface area contributed by atoms with Gasteiger partial charge in [-0.25, -0.2) is 0 Å². The van der Waals surface area contributed by atoms with Crippen LogP contribution in [0.2, 0.25) is 0 Å². The first-order chi connectivity index (χ1) is 10.2. The lowest BCUT2D eigenvalue weighted by molar-refractivity contribution is -0.144. The summed E-state index contributed by atoms with van der Waals surface area (Å²) in [5.41, 5.74) is -6.10. The van der Waals surface area contributed by atoms with Crippen molar-refractivity contribution in [1.29, 1.82) is 0 Å². The number of benzene rings is 2. The summed E-state index contributed by atoms with van der Waals surface area (Å²) >= 11 is 0. The first-order valence-electron chi connectivity index (χ1n) is 5.73. The van der Waals surface area contributed by atoms with Crippen LogP contribution in [-0.4, -0.2) is 0 Å². The number of rotatable bonds is 0. The zero-order valence-corrected chi connectivity index (χ0v) is 10.6. The summed E-state index contributed by atoms with van der Waals surface area (Å²) in [6, 6.07) is 0.900. The van der Waals surface area contributed by atoms with Gasteiger partial charge in [0.25, 0.3) is 0 Å². The molecule has 0 aliphatic rings. The molecular formula is C13H4F9O. The van der Waals surface area contributed by atoms with Crippen LogP contribution in [0, 0.1) is 0 Å². The minimum Gasteiger partial charge on any atom is -0.289 e. The number of hydrogen-bond donors (Lipinski definition) is 0. The monoisotopic (exact) mass is 347 g/mol. The lowest BCUT2D eigenvalue weighted by atomic mass is 9.95. The average Bonchev–Trinajstić information content (AvgIpc) is 2.34. The minimum atomic E-state index is -5.52. The maximum absolute atomic E-state index is 12.9. The third-order valence-electron chi connectivity index (χ3n) is 3.03. The summed E-state index contributed by atoms with van der Waals surface area (Å²) in [6.07, 6.45) is -16.2. The molecule has 0 amide bonds. The van der Waals surface area contributed by atoms with Crippen molar-refractivity contribution in [1.82, 2.24) is 0 Å². The standard InChI is InChI=1S/C13H4F9O/c14-11(15,16)6-3-1-2-5-7(12(17,18)19)4-8(13(20,21)22)10(23)9(5)6/h1-4H. The van der Waals surface area contributed by atoms with Crippen LogP contribution in [0.5, 0.6) is 5.75 Å². The second-order valence-electron chi connectivity index (χ2n) is 4.52. The Hall–Kier alpha value is -2.13. The molecule has 0 spiro atoms. The van der Waals surface area contributed by atoms with Crippen molar-refractivity contribution < 1.29 is 44.6 Å². The van der Waals surface area contributed by atoms with E-state index >= 15 is 0 Å². The Morgan fingerprint density at radius 2 is 1.13 bits per heavy atom. The Morgan fingerprint density at radius 1 is 0.652 bits per heavy atom. The smallest absolute Gasteiger partial charge is 0.289 e. The van der Waals surface area contributed by atoms with Crippen LogP contribution in [0.4, 0.5) is 39.5 Å². The van der Waals surface area contributed by atoms with Crippen LogP contribution in [-0.2, 0) is 23.6 Å². The van der Waals surface area contributed by atoms with Gasteiger partial charge in [0.1, 0.15) is 5.56 Å². The largest absolute Gasteiger partial charge is 0.420 e. The molecule has 2 aromatic carbocycles. The molecule has 0 saturated carbocycles. The van der Waals surface area contributed by atoms with Gasteiger partial charge in [0.15, 0.2) is 5.75 Å². The highest BCUT2D eigenvalue weighted by atomic mass is 19.4. The molecule has 23 heavy (non-hydrogen) atoms. The Bertz CT molecular complexity index is 753. The van der Waals surface area contributed by atoms with Gasteiger partial charge in [-0.05, 0) is 17.5 Å². The lowest BCUT2D eigenvalue weighted by Crippen LogP contribution is -2.14. The third-order valence-corrected chi connectivity index (χ3v) is 3.03. The molecule has 0 N–H and O–H groups in total. The van der Waals surface area contributed by atoms with Gasteiger partial charge >= 0.3 is 18.5 Å². The summed E-state index contributed by atoms with van der Waals surface area (Å²) in [6.45, 7) is 0. The molecule has 10 heteroatoms. The quantitative estimate of drug-likeness (QED) is 0.518. The summed E-state index contributed by atoms with van der Waals surface area (Å²) in [7, 11) is 0. The van der Waals surface area contributed by atoms with E-state index in [0.717, 1.165) is 0 Å². The van der Waals surface area contributed by atoms with Crippen molar-refractivity contribution in [2.24, 2.45) is 0 Å². The van der Waals surface area contributed by atoms with Crippen LogP contribution in [0.15, 0.2) is 24.3 Å². The zero-order valence-electron chi connectivity index (χ0n) is 10.6. The lowest BCUT2D eigenvalue weighted by Gasteiger charge is -2.18. The van der Waals surface area contributed by atoms with Crippen LogP contribution in [0.3, 0.4) is 0 Å². The van der Waals surface area contributed by atoms with Gasteiger partial charge in [-0.1, -0.05) is 12.1 Å². The van der Waals surface area contributed by atoms with E-state index in [9.17, 15) is 44.6 Å². The first kappa shape index (κ1) is 17.2. The van der Waals surface area contributed by atoms with E-state index in [1.807, 2.05) is 0 Å². The van der Waals surface area contributed by atoms with Crippen molar-refractivity contribution in [3.63, 3.8) is 0 Å². The van der Waals surface area contributed by atoms with Crippen molar-refractivity contribution in [2.75, 3.05) is 0 Å². The third kappa shape index (κ3) is 3.02. The molecule has 2 aromatic rings. The summed E-state index contributed by atoms with van der Waals surface area (Å²) in [5.74, 6) is -2.14. The molecule has 0 unspecified atom stereocenters. The molecule has 0 bridgehead atoms. The molecule has 0 saturated heterocycles. The van der Waals surface area contributed by atoms with Crippen LogP contribution in [0.1, 0.15) is 16.7 Å². The van der Waals surface area contributed by atoms with Gasteiger partial charge < -0.3 is 0 Å². The predicted octanol–water partition coefficient (Wildman–Crippen LogP) is 6.04. The molecule has 0 fully saturated rings. The number of fused-ring (bicyclic) bond motifs is 1. The van der Waals surface area contributed by atoms with Crippen molar-refractivity contribution in [2.45, 2.75) is 18.5 Å². The van der Waals surface area contributed by atoms with E-state index < -0.39 is 57.8 Å². The van der Waals surface area contributed by atoms with Crippen LogP contribution < -0.4 is 0 Å². The molecule has 0 aliphatic carbocycles. The van der Waals surface area contributed by atoms with Crippen molar-refractivity contribution in [3.8, 4) is 5.75 Å². The molecule has 2 rings (SSSR count). The summed E-state index contributed by atoms with van der Waals surface area (Å²) in [5, 5.41) is 8.85. The van der Waals surface area contributed by atoms with Crippen LogP contribution in [0.25, 0.3) is 10.8 Å². The molecule has 0 aromatic heterocycles. The zero-order chi connectivity index (χ0) is 17.8. The number of alkyl halides is 9. The van der Waals surface area contributed by atoms with E-state index in [1.165, 1.54) is 0 Å².